The van der Waals surface area contributed by atoms with Crippen molar-refractivity contribution >= 4 is 12.1 Å². The Bertz CT molecular complexity index is 633. The Balaban J connectivity index is 1.29. The van der Waals surface area contributed by atoms with Gasteiger partial charge in [0.15, 0.2) is 6.23 Å². The number of amides is 1. The summed E-state index contributed by atoms with van der Waals surface area (Å²) in [5.41, 5.74) is 0. The summed E-state index contributed by atoms with van der Waals surface area (Å²) in [7, 11) is 3.24. The first-order valence-corrected chi connectivity index (χ1v) is 12.7. The number of ether oxygens (including phenoxy) is 2. The molecular formula is C24H42N4O4. The monoisotopic (exact) mass is 450 g/mol. The molecule has 0 spiro atoms. The molecule has 0 radical (unpaired) electrons. The second-order valence-corrected chi connectivity index (χ2v) is 10.3. The largest absolute Gasteiger partial charge is 0.468 e. The number of methoxy groups -OCH3 is 1. The van der Waals surface area contributed by atoms with Crippen molar-refractivity contribution in [3.63, 3.8) is 0 Å². The zero-order valence-corrected chi connectivity index (χ0v) is 20.0. The molecule has 0 aromatic heterocycles. The topological polar surface area (TPSA) is 65.6 Å². The molecule has 1 aliphatic carbocycles. The Hall–Kier alpha value is -1.38. The highest BCUT2D eigenvalue weighted by molar-refractivity contribution is 5.71. The quantitative estimate of drug-likeness (QED) is 0.552. The molecule has 1 saturated carbocycles. The summed E-state index contributed by atoms with van der Waals surface area (Å²) in [6.07, 6.45) is 11.5. The van der Waals surface area contributed by atoms with Gasteiger partial charge in [0.2, 0.25) is 0 Å². The maximum absolute atomic E-state index is 11.9. The van der Waals surface area contributed by atoms with E-state index in [-0.39, 0.29) is 18.3 Å². The van der Waals surface area contributed by atoms with E-state index in [1.165, 1.54) is 71.6 Å². The lowest BCUT2D eigenvalue weighted by molar-refractivity contribution is -0.143. The van der Waals surface area contributed by atoms with Crippen LogP contribution in [-0.2, 0) is 14.3 Å². The minimum atomic E-state index is -0.235. The lowest BCUT2D eigenvalue weighted by Crippen LogP contribution is -2.58. The number of piperazine rings is 1. The van der Waals surface area contributed by atoms with Gasteiger partial charge in [-0.3, -0.25) is 14.6 Å². The van der Waals surface area contributed by atoms with E-state index in [0.717, 1.165) is 38.0 Å². The molecule has 2 unspecified atom stereocenters. The SMILES string of the molecule is COC(=O)CN1CCN(C2CN(C)C(=O)O2)C(CCC2CCN(C3CCCCC3)CC2)C1. The van der Waals surface area contributed by atoms with Crippen molar-refractivity contribution in [2.75, 3.05) is 60.0 Å². The van der Waals surface area contributed by atoms with Gasteiger partial charge in [-0.05, 0) is 57.5 Å². The number of cyclic esters (lactones) is 1. The normalized spacial score (nSPS) is 29.9. The van der Waals surface area contributed by atoms with E-state index >= 15 is 0 Å². The van der Waals surface area contributed by atoms with Gasteiger partial charge in [0.25, 0.3) is 0 Å². The van der Waals surface area contributed by atoms with Crippen LogP contribution in [0.3, 0.4) is 0 Å². The third-order valence-corrected chi connectivity index (χ3v) is 8.19. The second-order valence-electron chi connectivity index (χ2n) is 10.3. The van der Waals surface area contributed by atoms with Gasteiger partial charge in [0, 0.05) is 38.8 Å². The molecule has 4 fully saturated rings. The molecular weight excluding hydrogens is 408 g/mol. The van der Waals surface area contributed by atoms with Crippen molar-refractivity contribution in [1.82, 2.24) is 19.6 Å². The zero-order chi connectivity index (χ0) is 22.5. The van der Waals surface area contributed by atoms with Crippen LogP contribution in [0.4, 0.5) is 4.79 Å². The molecule has 182 valence electrons. The average Bonchev–Trinajstić information content (AvgIpc) is 3.16. The maximum atomic E-state index is 11.9. The average molecular weight is 451 g/mol. The highest BCUT2D eigenvalue weighted by atomic mass is 16.6. The van der Waals surface area contributed by atoms with Crippen LogP contribution in [0.5, 0.6) is 0 Å². The van der Waals surface area contributed by atoms with Crippen molar-refractivity contribution in [3.8, 4) is 0 Å². The first kappa shape index (κ1) is 23.8. The van der Waals surface area contributed by atoms with E-state index in [2.05, 4.69) is 14.7 Å². The van der Waals surface area contributed by atoms with E-state index in [4.69, 9.17) is 9.47 Å². The maximum Gasteiger partial charge on any atom is 0.411 e. The van der Waals surface area contributed by atoms with Crippen molar-refractivity contribution in [3.05, 3.63) is 0 Å². The summed E-state index contributed by atoms with van der Waals surface area (Å²) in [4.78, 5) is 32.7. The molecule has 0 N–H and O–H groups in total. The number of rotatable bonds is 7. The van der Waals surface area contributed by atoms with Crippen LogP contribution in [0.25, 0.3) is 0 Å². The Morgan fingerprint density at radius 3 is 2.41 bits per heavy atom. The number of nitrogens with zero attached hydrogens (tertiary/aromatic N) is 4. The van der Waals surface area contributed by atoms with Crippen LogP contribution < -0.4 is 0 Å². The Morgan fingerprint density at radius 1 is 1.00 bits per heavy atom. The number of piperidine rings is 1. The number of hydrogen-bond donors (Lipinski definition) is 0. The van der Waals surface area contributed by atoms with Crippen LogP contribution in [0, 0.1) is 5.92 Å². The van der Waals surface area contributed by atoms with Gasteiger partial charge in [-0.1, -0.05) is 19.3 Å². The van der Waals surface area contributed by atoms with Crippen molar-refractivity contribution in [1.29, 1.82) is 0 Å². The molecule has 2 atom stereocenters. The van der Waals surface area contributed by atoms with E-state index in [1.54, 1.807) is 11.9 Å². The van der Waals surface area contributed by atoms with Crippen LogP contribution in [-0.4, -0.2) is 110 Å². The fourth-order valence-electron chi connectivity index (χ4n) is 6.17. The van der Waals surface area contributed by atoms with Gasteiger partial charge in [-0.15, -0.1) is 0 Å². The van der Waals surface area contributed by atoms with E-state index < -0.39 is 0 Å². The summed E-state index contributed by atoms with van der Waals surface area (Å²) in [5.74, 6) is 0.598. The second kappa shape index (κ2) is 11.2. The summed E-state index contributed by atoms with van der Waals surface area (Å²) in [6, 6.07) is 1.13. The third-order valence-electron chi connectivity index (χ3n) is 8.19. The minimum Gasteiger partial charge on any atom is -0.468 e. The molecule has 0 bridgehead atoms. The molecule has 4 aliphatic rings. The third kappa shape index (κ3) is 5.94. The predicted molar refractivity (Wildman–Crippen MR) is 122 cm³/mol. The van der Waals surface area contributed by atoms with Gasteiger partial charge < -0.3 is 19.3 Å². The van der Waals surface area contributed by atoms with Crippen LogP contribution in [0.2, 0.25) is 0 Å². The van der Waals surface area contributed by atoms with Gasteiger partial charge in [-0.25, -0.2) is 4.79 Å². The summed E-state index contributed by atoms with van der Waals surface area (Å²) < 4.78 is 10.5. The van der Waals surface area contributed by atoms with E-state index in [1.807, 2.05) is 0 Å². The van der Waals surface area contributed by atoms with Crippen molar-refractivity contribution < 1.29 is 19.1 Å². The molecule has 3 aliphatic heterocycles. The smallest absolute Gasteiger partial charge is 0.411 e. The summed E-state index contributed by atoms with van der Waals surface area (Å²) in [6.45, 7) is 5.90. The summed E-state index contributed by atoms with van der Waals surface area (Å²) in [5, 5.41) is 0. The van der Waals surface area contributed by atoms with Gasteiger partial charge in [-0.2, -0.15) is 0 Å². The molecule has 3 saturated heterocycles. The summed E-state index contributed by atoms with van der Waals surface area (Å²) >= 11 is 0. The molecule has 0 aromatic rings. The molecule has 3 heterocycles. The molecule has 8 heteroatoms. The number of likely N-dealkylation sites (N-methyl/N-ethyl adjacent to an activating group) is 1. The van der Waals surface area contributed by atoms with Crippen molar-refractivity contribution in [2.24, 2.45) is 5.92 Å². The van der Waals surface area contributed by atoms with E-state index in [0.29, 0.717) is 19.1 Å². The fourth-order valence-corrected chi connectivity index (χ4v) is 6.17. The first-order valence-electron chi connectivity index (χ1n) is 12.7. The van der Waals surface area contributed by atoms with Gasteiger partial charge >= 0.3 is 12.1 Å². The number of carbonyl (C=O) groups excluding carboxylic acids is 2. The molecule has 1 amide bonds. The Labute approximate surface area is 193 Å². The van der Waals surface area contributed by atoms with E-state index in [9.17, 15) is 9.59 Å². The lowest BCUT2D eigenvalue weighted by Gasteiger charge is -2.44. The Kier molecular flexibility index (Phi) is 8.29. The molecule has 32 heavy (non-hydrogen) atoms. The number of hydrogen-bond acceptors (Lipinski definition) is 7. The van der Waals surface area contributed by atoms with Crippen LogP contribution in [0.15, 0.2) is 0 Å². The van der Waals surface area contributed by atoms with Gasteiger partial charge in [0.05, 0.1) is 20.2 Å². The highest BCUT2D eigenvalue weighted by Gasteiger charge is 2.39. The van der Waals surface area contributed by atoms with Crippen LogP contribution in [0.1, 0.15) is 57.8 Å². The highest BCUT2D eigenvalue weighted by Crippen LogP contribution is 2.30. The number of likely N-dealkylation sites (tertiary alicyclic amines) is 1. The minimum absolute atomic E-state index is 0.175. The predicted octanol–water partition coefficient (Wildman–Crippen LogP) is 2.38. The Morgan fingerprint density at radius 2 is 1.75 bits per heavy atom. The first-order chi connectivity index (χ1) is 15.5. The van der Waals surface area contributed by atoms with Crippen LogP contribution >= 0.6 is 0 Å². The standard InChI is InChI=1S/C24H42N4O4/c1-25-17-22(32-24(25)30)28-15-14-26(18-23(29)31-2)16-21(28)9-8-19-10-12-27(13-11-19)20-6-4-3-5-7-20/h19-22H,3-18H2,1-2H3. The number of carbonyl (C=O) groups is 2. The van der Waals surface area contributed by atoms with Crippen molar-refractivity contribution in [2.45, 2.75) is 76.1 Å². The molecule has 0 aromatic carbocycles. The number of esters is 1. The molecule has 8 nitrogen and oxygen atoms in total. The molecule has 4 rings (SSSR count). The lowest BCUT2D eigenvalue weighted by atomic mass is 9.87. The zero-order valence-electron chi connectivity index (χ0n) is 20.0. The fraction of sp³-hybridized carbons (Fsp3) is 0.917. The van der Waals surface area contributed by atoms with Gasteiger partial charge in [0.1, 0.15) is 0 Å².